The van der Waals surface area contributed by atoms with E-state index in [4.69, 9.17) is 9.97 Å². The number of carbonyl (C=O) groups excluding carboxylic acids is 2. The second-order valence-electron chi connectivity index (χ2n) is 8.84. The largest absolute Gasteiger partial charge is 0.352 e. The number of anilines is 1. The van der Waals surface area contributed by atoms with E-state index >= 15 is 0 Å². The molecule has 1 aliphatic rings. The minimum Gasteiger partial charge on any atom is -0.352 e. The summed E-state index contributed by atoms with van der Waals surface area (Å²) in [6.45, 7) is 2.77. The Morgan fingerprint density at radius 2 is 1.60 bits per heavy atom. The van der Waals surface area contributed by atoms with Crippen LogP contribution >= 0.6 is 0 Å². The van der Waals surface area contributed by atoms with Crippen molar-refractivity contribution in [2.45, 2.75) is 26.2 Å². The van der Waals surface area contributed by atoms with Crippen LogP contribution in [0.25, 0.3) is 44.8 Å². The number of nitrogens with zero attached hydrogens (tertiary/aromatic N) is 2. The van der Waals surface area contributed by atoms with Gasteiger partial charge in [0.05, 0.1) is 28.5 Å². The Bertz CT molecular complexity index is 1610. The Labute approximate surface area is 201 Å². The molecule has 3 heterocycles. The number of fused-ring (bicyclic) bond motifs is 3. The van der Waals surface area contributed by atoms with E-state index in [9.17, 15) is 9.59 Å². The van der Waals surface area contributed by atoms with Crippen molar-refractivity contribution in [3.63, 3.8) is 0 Å². The molecule has 0 atom stereocenters. The van der Waals surface area contributed by atoms with Crippen LogP contribution in [0.3, 0.4) is 0 Å². The van der Waals surface area contributed by atoms with E-state index in [2.05, 4.69) is 27.5 Å². The summed E-state index contributed by atoms with van der Waals surface area (Å²) in [6, 6.07) is 17.4. The quantitative estimate of drug-likeness (QED) is 0.270. The Hall–Kier alpha value is -4.46. The van der Waals surface area contributed by atoms with E-state index in [-0.39, 0.29) is 11.8 Å². The lowest BCUT2D eigenvalue weighted by atomic mass is 10.1. The summed E-state index contributed by atoms with van der Waals surface area (Å²) in [4.78, 5) is 40.2. The van der Waals surface area contributed by atoms with E-state index in [1.165, 1.54) is 0 Å². The number of amides is 2. The lowest BCUT2D eigenvalue weighted by Crippen LogP contribution is -2.24. The van der Waals surface area contributed by atoms with E-state index in [0.29, 0.717) is 18.5 Å². The molecule has 4 N–H and O–H groups in total. The number of rotatable bonds is 6. The highest BCUT2D eigenvalue weighted by atomic mass is 16.2. The normalized spacial score (nSPS) is 12.8. The Morgan fingerprint density at radius 1 is 0.914 bits per heavy atom. The molecule has 3 aromatic carbocycles. The van der Waals surface area contributed by atoms with Crippen molar-refractivity contribution < 1.29 is 9.59 Å². The fourth-order valence-electron chi connectivity index (χ4n) is 4.42. The third kappa shape index (κ3) is 3.93. The zero-order chi connectivity index (χ0) is 23.9. The van der Waals surface area contributed by atoms with E-state index < -0.39 is 0 Å². The summed E-state index contributed by atoms with van der Waals surface area (Å²) in [6.07, 6.45) is 2.42. The fraction of sp³-hybridized carbons (Fsp3) is 0.185. The summed E-state index contributed by atoms with van der Waals surface area (Å²) in [5.74, 6) is 1.40. The summed E-state index contributed by atoms with van der Waals surface area (Å²) >= 11 is 0. The van der Waals surface area contributed by atoms with Crippen molar-refractivity contribution in [1.82, 2.24) is 25.3 Å². The number of H-pyrrole nitrogens is 2. The Balaban J connectivity index is 1.29. The molecule has 0 saturated carbocycles. The zero-order valence-corrected chi connectivity index (χ0v) is 19.2. The number of benzene rings is 3. The van der Waals surface area contributed by atoms with Crippen LogP contribution in [0.2, 0.25) is 0 Å². The Morgan fingerprint density at radius 3 is 2.37 bits per heavy atom. The van der Waals surface area contributed by atoms with Crippen molar-refractivity contribution in [3.05, 3.63) is 65.7 Å². The van der Waals surface area contributed by atoms with Crippen molar-refractivity contribution in [2.24, 2.45) is 0 Å². The number of carbonyl (C=O) groups is 2. The van der Waals surface area contributed by atoms with Crippen molar-refractivity contribution >= 4 is 39.6 Å². The van der Waals surface area contributed by atoms with Crippen LogP contribution in [0.5, 0.6) is 0 Å². The second-order valence-corrected chi connectivity index (χ2v) is 8.84. The van der Waals surface area contributed by atoms with Gasteiger partial charge in [0.1, 0.15) is 11.6 Å². The smallest absolute Gasteiger partial charge is 0.251 e. The number of hydrogen-bond acceptors (Lipinski definition) is 4. The number of imidazole rings is 2. The monoisotopic (exact) mass is 464 g/mol. The highest BCUT2D eigenvalue weighted by Gasteiger charge is 2.19. The van der Waals surface area contributed by atoms with Crippen LogP contribution in [0.4, 0.5) is 5.69 Å². The summed E-state index contributed by atoms with van der Waals surface area (Å²) in [7, 11) is 0. The van der Waals surface area contributed by atoms with Gasteiger partial charge in [-0.15, -0.1) is 0 Å². The molecule has 8 nitrogen and oxygen atoms in total. The van der Waals surface area contributed by atoms with Gasteiger partial charge in [0, 0.05) is 28.9 Å². The van der Waals surface area contributed by atoms with Crippen LogP contribution in [0.1, 0.15) is 35.7 Å². The molecular formula is C27H24N6O2. The molecule has 0 fully saturated rings. The molecule has 0 spiro atoms. The summed E-state index contributed by atoms with van der Waals surface area (Å²) in [5, 5.41) is 5.84. The first-order valence-corrected chi connectivity index (χ1v) is 11.8. The third-order valence-electron chi connectivity index (χ3n) is 6.32. The van der Waals surface area contributed by atoms with E-state index in [1.807, 2.05) is 48.5 Å². The molecule has 0 aliphatic carbocycles. The SMILES string of the molecule is CCCCNC(=O)c1ccc2nc(-c3ccc4nc(-c5ccc6c(c5)NC(=O)C6)[nH]c4c3)[nH]c2c1. The summed E-state index contributed by atoms with van der Waals surface area (Å²) < 4.78 is 0. The minimum absolute atomic E-state index is 0.0153. The molecule has 2 amide bonds. The minimum atomic E-state index is -0.0750. The number of unbranched alkanes of at least 4 members (excludes halogenated alkanes) is 1. The maximum Gasteiger partial charge on any atom is 0.251 e. The highest BCUT2D eigenvalue weighted by molar-refractivity contribution is 6.00. The number of aromatic amines is 2. The predicted octanol–water partition coefficient (Wildman–Crippen LogP) is 4.80. The van der Waals surface area contributed by atoms with Gasteiger partial charge in [-0.3, -0.25) is 9.59 Å². The average Bonchev–Trinajstić information content (AvgIpc) is 3.57. The summed E-state index contributed by atoms with van der Waals surface area (Å²) in [5.41, 5.74) is 7.63. The molecule has 6 rings (SSSR count). The van der Waals surface area contributed by atoms with Crippen LogP contribution in [-0.2, 0) is 11.2 Å². The van der Waals surface area contributed by atoms with Gasteiger partial charge in [0.2, 0.25) is 5.91 Å². The molecule has 35 heavy (non-hydrogen) atoms. The van der Waals surface area contributed by atoms with Crippen LogP contribution in [0, 0.1) is 0 Å². The fourth-order valence-corrected chi connectivity index (χ4v) is 4.42. The lowest BCUT2D eigenvalue weighted by molar-refractivity contribution is -0.115. The van der Waals surface area contributed by atoms with Gasteiger partial charge < -0.3 is 20.6 Å². The topological polar surface area (TPSA) is 116 Å². The van der Waals surface area contributed by atoms with Gasteiger partial charge in [0.15, 0.2) is 0 Å². The van der Waals surface area contributed by atoms with Crippen LogP contribution in [-0.4, -0.2) is 38.3 Å². The van der Waals surface area contributed by atoms with Crippen LogP contribution in [0.15, 0.2) is 54.6 Å². The standard InChI is InChI=1S/C27H24N6O2/c1-2-3-10-28-27(35)18-7-9-20-23(13-18)33-26(31-20)17-6-8-19-22(12-17)32-25(30-19)16-5-4-15-14-24(34)29-21(15)11-16/h4-9,11-13H,2-3,10,14H2,1H3,(H,28,35)(H,29,34)(H,30,32)(H,31,33). The van der Waals surface area contributed by atoms with Crippen molar-refractivity contribution in [2.75, 3.05) is 11.9 Å². The molecule has 0 radical (unpaired) electrons. The first-order chi connectivity index (χ1) is 17.1. The maximum absolute atomic E-state index is 12.4. The lowest BCUT2D eigenvalue weighted by Gasteiger charge is -2.03. The molecule has 2 aromatic heterocycles. The van der Waals surface area contributed by atoms with Crippen LogP contribution < -0.4 is 10.6 Å². The first-order valence-electron chi connectivity index (χ1n) is 11.8. The van der Waals surface area contributed by atoms with Crippen molar-refractivity contribution in [3.8, 4) is 22.8 Å². The Kier molecular flexibility index (Phi) is 5.06. The molecule has 5 aromatic rings. The average molecular weight is 465 g/mol. The van der Waals surface area contributed by atoms with Gasteiger partial charge in [0.25, 0.3) is 5.91 Å². The molecule has 0 unspecified atom stereocenters. The van der Waals surface area contributed by atoms with Gasteiger partial charge in [-0.2, -0.15) is 0 Å². The van der Waals surface area contributed by atoms with Crippen molar-refractivity contribution in [1.29, 1.82) is 0 Å². The van der Waals surface area contributed by atoms with Gasteiger partial charge >= 0.3 is 0 Å². The highest BCUT2D eigenvalue weighted by Crippen LogP contribution is 2.30. The third-order valence-corrected chi connectivity index (χ3v) is 6.32. The number of aromatic nitrogens is 4. The first kappa shape index (κ1) is 21.1. The number of hydrogen-bond donors (Lipinski definition) is 4. The van der Waals surface area contributed by atoms with Gasteiger partial charge in [-0.05, 0) is 54.4 Å². The number of nitrogens with one attached hydrogen (secondary N) is 4. The molecule has 174 valence electrons. The van der Waals surface area contributed by atoms with E-state index in [1.54, 1.807) is 6.07 Å². The molecular weight excluding hydrogens is 440 g/mol. The zero-order valence-electron chi connectivity index (χ0n) is 19.2. The van der Waals surface area contributed by atoms with Gasteiger partial charge in [-0.1, -0.05) is 25.5 Å². The molecule has 8 heteroatoms. The van der Waals surface area contributed by atoms with Gasteiger partial charge in [-0.25, -0.2) is 9.97 Å². The second kappa shape index (κ2) is 8.39. The molecule has 0 saturated heterocycles. The predicted molar refractivity (Wildman–Crippen MR) is 136 cm³/mol. The van der Waals surface area contributed by atoms with E-state index in [0.717, 1.165) is 68.9 Å². The molecule has 1 aliphatic heterocycles. The maximum atomic E-state index is 12.4. The molecule has 0 bridgehead atoms.